The molecule has 6 atom stereocenters. The number of benzene rings is 3. The number of rotatable bonds is 11. The summed E-state index contributed by atoms with van der Waals surface area (Å²) in [6, 6.07) is 29.6. The van der Waals surface area contributed by atoms with Crippen LogP contribution in [-0.2, 0) is 32.9 Å². The molecule has 0 amide bonds. The van der Waals surface area contributed by atoms with E-state index in [1.807, 2.05) is 25.1 Å². The van der Waals surface area contributed by atoms with Gasteiger partial charge in [-0.2, -0.15) is 0 Å². The van der Waals surface area contributed by atoms with Gasteiger partial charge in [0.15, 0.2) is 8.32 Å². The first kappa shape index (κ1) is 37.6. The molecule has 3 heterocycles. The lowest BCUT2D eigenvalue weighted by molar-refractivity contribution is -0.153. The van der Waals surface area contributed by atoms with E-state index >= 15 is 8.42 Å². The normalized spacial score (nSPS) is 30.7. The van der Waals surface area contributed by atoms with Gasteiger partial charge in [0.2, 0.25) is 14.8 Å². The molecule has 3 saturated heterocycles. The largest absolute Gasteiger partial charge is 0.410 e. The molecule has 272 valence electrons. The van der Waals surface area contributed by atoms with E-state index in [1.54, 1.807) is 24.3 Å². The van der Waals surface area contributed by atoms with Gasteiger partial charge in [-0.15, -0.1) is 0 Å². The Morgan fingerprint density at radius 2 is 1.38 bits per heavy atom. The van der Waals surface area contributed by atoms with Gasteiger partial charge in [-0.3, -0.25) is 0 Å². The van der Waals surface area contributed by atoms with Crippen molar-refractivity contribution in [2.45, 2.75) is 131 Å². The van der Waals surface area contributed by atoms with Crippen molar-refractivity contribution in [3.05, 3.63) is 91.0 Å². The van der Waals surface area contributed by atoms with Crippen LogP contribution in [0.4, 0.5) is 0 Å². The lowest BCUT2D eigenvalue weighted by Crippen LogP contribution is -2.67. The summed E-state index contributed by atoms with van der Waals surface area (Å²) >= 11 is 0. The summed E-state index contributed by atoms with van der Waals surface area (Å²) in [5, 5.41) is 1.98. The first-order valence-corrected chi connectivity index (χ1v) is 25.0. The lowest BCUT2D eigenvalue weighted by Gasteiger charge is -2.44. The van der Waals surface area contributed by atoms with Crippen molar-refractivity contribution in [2.75, 3.05) is 13.2 Å². The van der Waals surface area contributed by atoms with E-state index < -0.39 is 48.7 Å². The smallest absolute Gasteiger partial charge is 0.261 e. The van der Waals surface area contributed by atoms with Gasteiger partial charge in [-0.1, -0.05) is 99.6 Å². The van der Waals surface area contributed by atoms with Crippen molar-refractivity contribution >= 4 is 36.8 Å². The third-order valence-electron chi connectivity index (χ3n) is 10.9. The topological polar surface area (TPSA) is 83.6 Å². The molecule has 3 aromatic carbocycles. The van der Waals surface area contributed by atoms with Crippen LogP contribution in [0.25, 0.3) is 0 Å². The van der Waals surface area contributed by atoms with Crippen LogP contribution in [-0.4, -0.2) is 72.7 Å². The molecule has 0 bridgehead atoms. The fourth-order valence-electron chi connectivity index (χ4n) is 8.49. The van der Waals surface area contributed by atoms with Crippen molar-refractivity contribution in [3.8, 4) is 0 Å². The van der Waals surface area contributed by atoms with Gasteiger partial charge in [-0.05, 0) is 86.7 Å². The molecule has 3 aromatic rings. The van der Waals surface area contributed by atoms with Gasteiger partial charge in [-0.25, -0.2) is 8.42 Å². The molecule has 0 saturated carbocycles. The Hall–Kier alpha value is -2.16. The summed E-state index contributed by atoms with van der Waals surface area (Å²) in [4.78, 5) is -1.37. The SMILES string of the molecule is CC(C)(C)[Si](OC[C@@]1(C)O[C@]1(C[C@H]1O[C@H]2CCCO[C@@H]2CC[C@]1(C)O[Si](C)(C)C)S(=O)(=O)c1ccccc1)(c1ccccc1)c1ccccc1. The molecule has 0 radical (unpaired) electrons. The Bertz CT molecular complexity index is 1670. The maximum Gasteiger partial charge on any atom is 0.261 e. The van der Waals surface area contributed by atoms with Gasteiger partial charge in [0.1, 0.15) is 5.60 Å². The standard InChI is InChI=1S/C40H56O7SSi2/c1-37(2,3)50(32-21-14-10-15-22-32,33-23-16-11-17-24-33)44-30-39(5)40(46-39,48(41,42)31-19-12-9-13-20-31)29-36-38(4,47-49(6,7)8)27-26-34-35(45-36)25-18-28-43-34/h9-17,19-24,34-36H,18,25-30H2,1-8H3/t34-,35+,36-,38+,39-,40-/m1/s1. The average Bonchev–Trinajstić information content (AvgIpc) is 3.72. The van der Waals surface area contributed by atoms with Crippen molar-refractivity contribution in [1.29, 1.82) is 0 Å². The molecular weight excluding hydrogens is 681 g/mol. The minimum atomic E-state index is -4.04. The average molecular weight is 737 g/mol. The second-order valence-electron chi connectivity index (χ2n) is 16.8. The number of hydrogen-bond donors (Lipinski definition) is 0. The summed E-state index contributed by atoms with van der Waals surface area (Å²) in [5.74, 6) is 0. The lowest BCUT2D eigenvalue weighted by atomic mass is 9.88. The van der Waals surface area contributed by atoms with Crippen LogP contribution in [0.3, 0.4) is 0 Å². The molecule has 50 heavy (non-hydrogen) atoms. The summed E-state index contributed by atoms with van der Waals surface area (Å²) in [5.41, 5.74) is -1.89. The van der Waals surface area contributed by atoms with Crippen LogP contribution >= 0.6 is 0 Å². The highest BCUT2D eigenvalue weighted by Crippen LogP contribution is 2.59. The van der Waals surface area contributed by atoms with Crippen LogP contribution in [0.15, 0.2) is 95.9 Å². The molecule has 0 unspecified atom stereocenters. The predicted molar refractivity (Wildman–Crippen MR) is 204 cm³/mol. The maximum absolute atomic E-state index is 15.1. The van der Waals surface area contributed by atoms with Gasteiger partial charge in [0, 0.05) is 13.0 Å². The van der Waals surface area contributed by atoms with Gasteiger partial charge >= 0.3 is 0 Å². The highest BCUT2D eigenvalue weighted by Gasteiger charge is 2.77. The molecule has 0 aliphatic carbocycles. The minimum absolute atomic E-state index is 0.0371. The monoisotopic (exact) mass is 736 g/mol. The Balaban J connectivity index is 1.44. The quantitative estimate of drug-likeness (QED) is 0.152. The van der Waals surface area contributed by atoms with E-state index in [0.717, 1.165) is 29.6 Å². The van der Waals surface area contributed by atoms with E-state index in [9.17, 15) is 0 Å². The van der Waals surface area contributed by atoms with E-state index in [4.69, 9.17) is 23.1 Å². The van der Waals surface area contributed by atoms with Crippen molar-refractivity contribution in [2.24, 2.45) is 0 Å². The maximum atomic E-state index is 15.1. The van der Waals surface area contributed by atoms with Crippen LogP contribution < -0.4 is 10.4 Å². The molecule has 10 heteroatoms. The summed E-state index contributed by atoms with van der Waals surface area (Å²) in [6.07, 6.45) is 2.70. The summed E-state index contributed by atoms with van der Waals surface area (Å²) < 4.78 is 64.4. The van der Waals surface area contributed by atoms with E-state index in [1.165, 1.54) is 0 Å². The fourth-order valence-corrected chi connectivity index (χ4v) is 17.0. The first-order chi connectivity index (χ1) is 23.5. The van der Waals surface area contributed by atoms with E-state index in [0.29, 0.717) is 13.0 Å². The van der Waals surface area contributed by atoms with Crippen molar-refractivity contribution in [3.63, 3.8) is 0 Å². The second kappa shape index (κ2) is 13.7. The zero-order valence-electron chi connectivity index (χ0n) is 31.1. The van der Waals surface area contributed by atoms with Crippen LogP contribution in [0, 0.1) is 0 Å². The highest BCUT2D eigenvalue weighted by molar-refractivity contribution is 7.93. The number of fused-ring (bicyclic) bond motifs is 1. The Labute approximate surface area is 302 Å². The third-order valence-corrected chi connectivity index (χ3v) is 19.4. The molecule has 3 aliphatic rings. The first-order valence-electron chi connectivity index (χ1n) is 18.2. The van der Waals surface area contributed by atoms with Crippen LogP contribution in [0.1, 0.15) is 66.7 Å². The Morgan fingerprint density at radius 1 is 0.820 bits per heavy atom. The highest BCUT2D eigenvalue weighted by atomic mass is 32.2. The molecule has 3 fully saturated rings. The third kappa shape index (κ3) is 6.87. The predicted octanol–water partition coefficient (Wildman–Crippen LogP) is 7.25. The molecular formula is C40H56O7SSi2. The minimum Gasteiger partial charge on any atom is -0.410 e. The van der Waals surface area contributed by atoms with Gasteiger partial charge in [0.25, 0.3) is 8.32 Å². The number of ether oxygens (including phenoxy) is 3. The van der Waals surface area contributed by atoms with Crippen molar-refractivity contribution < 1.29 is 31.5 Å². The number of hydrogen-bond acceptors (Lipinski definition) is 7. The Morgan fingerprint density at radius 3 is 1.92 bits per heavy atom. The zero-order chi connectivity index (χ0) is 36.1. The van der Waals surface area contributed by atoms with Gasteiger partial charge < -0.3 is 23.1 Å². The molecule has 0 N–H and O–H groups in total. The van der Waals surface area contributed by atoms with Gasteiger partial charge in [0.05, 0.1) is 35.4 Å². The molecule has 0 spiro atoms. The summed E-state index contributed by atoms with van der Waals surface area (Å²) in [7, 11) is -9.15. The molecule has 7 nitrogen and oxygen atoms in total. The zero-order valence-corrected chi connectivity index (χ0v) is 33.9. The number of sulfone groups is 1. The van der Waals surface area contributed by atoms with Crippen LogP contribution in [0.2, 0.25) is 24.7 Å². The van der Waals surface area contributed by atoms with E-state index in [-0.39, 0.29) is 35.2 Å². The number of epoxide rings is 1. The molecule has 6 rings (SSSR count). The Kier molecular flexibility index (Phi) is 10.3. The van der Waals surface area contributed by atoms with Crippen molar-refractivity contribution in [1.82, 2.24) is 0 Å². The fraction of sp³-hybridized carbons (Fsp3) is 0.550. The van der Waals surface area contributed by atoms with Crippen LogP contribution in [0.5, 0.6) is 0 Å². The second-order valence-corrected chi connectivity index (χ2v) is 27.7. The molecule has 3 aliphatic heterocycles. The summed E-state index contributed by atoms with van der Waals surface area (Å²) in [6.45, 7) is 18.0. The molecule has 0 aromatic heterocycles. The van der Waals surface area contributed by atoms with E-state index in [2.05, 4.69) is 95.9 Å².